The third kappa shape index (κ3) is 5.72. The molecule has 1 heterocycles. The molecule has 3 nitrogen and oxygen atoms in total. The van der Waals surface area contributed by atoms with Crippen LogP contribution in [0.25, 0.3) is 0 Å². The van der Waals surface area contributed by atoms with E-state index in [0.29, 0.717) is 24.5 Å². The molecule has 0 bridgehead atoms. The van der Waals surface area contributed by atoms with E-state index in [0.717, 1.165) is 23.2 Å². The quantitative estimate of drug-likeness (QED) is 0.530. The first-order valence-corrected chi connectivity index (χ1v) is 11.1. The Kier molecular flexibility index (Phi) is 7.18. The summed E-state index contributed by atoms with van der Waals surface area (Å²) in [6.07, 6.45) is 0.666. The van der Waals surface area contributed by atoms with Gasteiger partial charge < -0.3 is 5.32 Å². The van der Waals surface area contributed by atoms with Gasteiger partial charge in [0.25, 0.3) is 0 Å². The summed E-state index contributed by atoms with van der Waals surface area (Å²) in [4.78, 5) is 15.3. The fraction of sp³-hybridized carbons (Fsp3) is 0.269. The molecule has 2 unspecified atom stereocenters. The molecular formula is C26H25ClF2N2O. The van der Waals surface area contributed by atoms with Crippen molar-refractivity contribution in [2.75, 3.05) is 13.1 Å². The Morgan fingerprint density at radius 2 is 1.75 bits per heavy atom. The summed E-state index contributed by atoms with van der Waals surface area (Å²) < 4.78 is 26.9. The van der Waals surface area contributed by atoms with Crippen molar-refractivity contribution in [3.05, 3.63) is 106 Å². The smallest absolute Gasteiger partial charge is 0.224 e. The second kappa shape index (κ2) is 10.2. The lowest BCUT2D eigenvalue weighted by Crippen LogP contribution is -2.45. The average Bonchev–Trinajstić information content (AvgIpc) is 2.79. The largest absolute Gasteiger partial charge is 0.352 e. The molecule has 3 aromatic carbocycles. The van der Waals surface area contributed by atoms with Crippen LogP contribution in [0.3, 0.4) is 0 Å². The molecule has 2 atom stereocenters. The van der Waals surface area contributed by atoms with Crippen molar-refractivity contribution in [2.24, 2.45) is 5.92 Å². The molecule has 1 saturated heterocycles. The number of halogens is 3. The van der Waals surface area contributed by atoms with Crippen molar-refractivity contribution in [2.45, 2.75) is 25.4 Å². The number of hydrogen-bond acceptors (Lipinski definition) is 2. The van der Waals surface area contributed by atoms with E-state index in [-0.39, 0.29) is 35.9 Å². The van der Waals surface area contributed by atoms with Gasteiger partial charge in [-0.3, -0.25) is 9.69 Å². The number of nitrogens with zero attached hydrogens (tertiary/aromatic N) is 1. The summed E-state index contributed by atoms with van der Waals surface area (Å²) in [6.45, 7) is 2.26. The zero-order valence-electron chi connectivity index (χ0n) is 17.6. The normalized spacial score (nSPS) is 19.0. The fourth-order valence-corrected chi connectivity index (χ4v) is 4.53. The first-order valence-electron chi connectivity index (χ1n) is 10.7. The highest BCUT2D eigenvalue weighted by Gasteiger charge is 2.32. The van der Waals surface area contributed by atoms with E-state index in [1.54, 1.807) is 24.3 Å². The first kappa shape index (κ1) is 22.4. The van der Waals surface area contributed by atoms with Crippen LogP contribution in [0, 0.1) is 17.6 Å². The van der Waals surface area contributed by atoms with Gasteiger partial charge in [0.15, 0.2) is 0 Å². The number of nitrogens with one attached hydrogen (secondary N) is 1. The molecule has 0 aliphatic carbocycles. The van der Waals surface area contributed by atoms with E-state index < -0.39 is 0 Å². The number of piperidine rings is 1. The van der Waals surface area contributed by atoms with Crippen LogP contribution in [0.4, 0.5) is 8.78 Å². The van der Waals surface area contributed by atoms with Crippen LogP contribution in [0.1, 0.15) is 29.0 Å². The van der Waals surface area contributed by atoms with Crippen LogP contribution in [-0.2, 0) is 17.9 Å². The molecule has 166 valence electrons. The molecule has 0 radical (unpaired) electrons. The second-order valence-corrected chi connectivity index (χ2v) is 8.72. The van der Waals surface area contributed by atoms with Gasteiger partial charge in [0.05, 0.1) is 5.92 Å². The standard InChI is InChI=1S/C26H25ClF2N2O/c27-25-7-2-1-5-20(25)15-31-16-21(19-8-10-23(28)11-9-19)13-22(17-31)26(32)30-14-18-4-3-6-24(29)12-18/h1-12,21-22H,13-17H2,(H,30,32). The molecule has 4 rings (SSSR count). The van der Waals surface area contributed by atoms with Gasteiger partial charge >= 0.3 is 0 Å². The zero-order valence-corrected chi connectivity index (χ0v) is 18.4. The van der Waals surface area contributed by atoms with Crippen molar-refractivity contribution in [1.29, 1.82) is 0 Å². The molecule has 1 N–H and O–H groups in total. The molecular weight excluding hydrogens is 430 g/mol. The third-order valence-corrected chi connectivity index (χ3v) is 6.31. The number of amides is 1. The summed E-state index contributed by atoms with van der Waals surface area (Å²) in [5.74, 6) is -0.810. The van der Waals surface area contributed by atoms with E-state index in [4.69, 9.17) is 11.6 Å². The maximum atomic E-state index is 13.4. The predicted molar refractivity (Wildman–Crippen MR) is 122 cm³/mol. The van der Waals surface area contributed by atoms with Gasteiger partial charge in [-0.2, -0.15) is 0 Å². The summed E-state index contributed by atoms with van der Waals surface area (Å²) in [5, 5.41) is 3.65. The second-order valence-electron chi connectivity index (χ2n) is 8.31. The van der Waals surface area contributed by atoms with Crippen molar-refractivity contribution in [3.8, 4) is 0 Å². The SMILES string of the molecule is O=C(NCc1cccc(F)c1)C1CC(c2ccc(F)cc2)CN(Cc2ccccc2Cl)C1. The van der Waals surface area contributed by atoms with Crippen LogP contribution < -0.4 is 5.32 Å². The predicted octanol–water partition coefficient (Wildman–Crippen LogP) is 5.54. The summed E-state index contributed by atoms with van der Waals surface area (Å²) in [7, 11) is 0. The molecule has 32 heavy (non-hydrogen) atoms. The topological polar surface area (TPSA) is 32.3 Å². The molecule has 6 heteroatoms. The lowest BCUT2D eigenvalue weighted by molar-refractivity contribution is -0.127. The summed E-state index contributed by atoms with van der Waals surface area (Å²) >= 11 is 6.37. The van der Waals surface area contributed by atoms with Crippen LogP contribution in [0.2, 0.25) is 5.02 Å². The molecule has 3 aromatic rings. The third-order valence-electron chi connectivity index (χ3n) is 5.95. The Balaban J connectivity index is 1.49. The highest BCUT2D eigenvalue weighted by atomic mass is 35.5. The Morgan fingerprint density at radius 3 is 2.50 bits per heavy atom. The number of likely N-dealkylation sites (tertiary alicyclic amines) is 1. The number of rotatable bonds is 6. The van der Waals surface area contributed by atoms with Gasteiger partial charge in [0.1, 0.15) is 11.6 Å². The Hall–Kier alpha value is -2.76. The van der Waals surface area contributed by atoms with E-state index in [1.807, 2.05) is 24.3 Å². The lowest BCUT2D eigenvalue weighted by Gasteiger charge is -2.37. The fourth-order valence-electron chi connectivity index (χ4n) is 4.33. The van der Waals surface area contributed by atoms with Gasteiger partial charge in [0, 0.05) is 31.2 Å². The molecule has 1 fully saturated rings. The van der Waals surface area contributed by atoms with E-state index >= 15 is 0 Å². The minimum atomic E-state index is -0.322. The number of carbonyl (C=O) groups excluding carboxylic acids is 1. The molecule has 1 aliphatic rings. The maximum absolute atomic E-state index is 13.4. The molecule has 0 aromatic heterocycles. The maximum Gasteiger partial charge on any atom is 0.224 e. The van der Waals surface area contributed by atoms with E-state index in [1.165, 1.54) is 24.3 Å². The van der Waals surface area contributed by atoms with Gasteiger partial charge in [-0.15, -0.1) is 0 Å². The molecule has 1 aliphatic heterocycles. The minimum absolute atomic E-state index is 0.0646. The van der Waals surface area contributed by atoms with Crippen molar-refractivity contribution < 1.29 is 13.6 Å². The highest BCUT2D eigenvalue weighted by molar-refractivity contribution is 6.31. The molecule has 0 spiro atoms. The van der Waals surface area contributed by atoms with Gasteiger partial charge in [0.2, 0.25) is 5.91 Å². The van der Waals surface area contributed by atoms with E-state index in [2.05, 4.69) is 10.2 Å². The Bertz CT molecular complexity index is 1070. The molecule has 1 amide bonds. The van der Waals surface area contributed by atoms with Crippen molar-refractivity contribution >= 4 is 17.5 Å². The van der Waals surface area contributed by atoms with E-state index in [9.17, 15) is 13.6 Å². The van der Waals surface area contributed by atoms with Gasteiger partial charge in [-0.05, 0) is 59.4 Å². The highest BCUT2D eigenvalue weighted by Crippen LogP contribution is 2.32. The molecule has 0 saturated carbocycles. The summed E-state index contributed by atoms with van der Waals surface area (Å²) in [6, 6.07) is 20.4. The van der Waals surface area contributed by atoms with Crippen LogP contribution in [0.5, 0.6) is 0 Å². The first-order chi connectivity index (χ1) is 15.5. The number of carbonyl (C=O) groups is 1. The number of hydrogen-bond donors (Lipinski definition) is 1. The van der Waals surface area contributed by atoms with Crippen LogP contribution >= 0.6 is 11.6 Å². The van der Waals surface area contributed by atoms with Gasteiger partial charge in [-0.25, -0.2) is 8.78 Å². The number of benzene rings is 3. The Labute approximate surface area is 192 Å². The van der Waals surface area contributed by atoms with Crippen molar-refractivity contribution in [1.82, 2.24) is 10.2 Å². The van der Waals surface area contributed by atoms with Crippen molar-refractivity contribution in [3.63, 3.8) is 0 Å². The monoisotopic (exact) mass is 454 g/mol. The lowest BCUT2D eigenvalue weighted by atomic mass is 9.83. The Morgan fingerprint density at radius 1 is 0.969 bits per heavy atom. The van der Waals surface area contributed by atoms with Gasteiger partial charge in [-0.1, -0.05) is 54.1 Å². The minimum Gasteiger partial charge on any atom is -0.352 e. The summed E-state index contributed by atoms with van der Waals surface area (Å²) in [5.41, 5.74) is 2.74. The van der Waals surface area contributed by atoms with Crippen LogP contribution in [0.15, 0.2) is 72.8 Å². The zero-order chi connectivity index (χ0) is 22.5. The van der Waals surface area contributed by atoms with Crippen LogP contribution in [-0.4, -0.2) is 23.9 Å². The average molecular weight is 455 g/mol.